The predicted octanol–water partition coefficient (Wildman–Crippen LogP) is 1.61. The van der Waals surface area contributed by atoms with Gasteiger partial charge in [-0.3, -0.25) is 10.1 Å². The highest BCUT2D eigenvalue weighted by Gasteiger charge is 2.20. The third-order valence-electron chi connectivity index (χ3n) is 1.99. The highest BCUT2D eigenvalue weighted by atomic mass is 16.6. The molecule has 1 atom stereocenters. The molecule has 0 fully saturated rings. The molecule has 0 saturated carbocycles. The number of nitrogens with one attached hydrogen (secondary N) is 1. The van der Waals surface area contributed by atoms with Crippen molar-refractivity contribution in [2.45, 2.75) is 26.4 Å². The van der Waals surface area contributed by atoms with Crippen molar-refractivity contribution in [1.29, 1.82) is 0 Å². The van der Waals surface area contributed by atoms with Gasteiger partial charge < -0.3 is 10.1 Å². The molecule has 0 amide bonds. The van der Waals surface area contributed by atoms with Crippen LogP contribution in [0.15, 0.2) is 6.20 Å². The first-order valence-corrected chi connectivity index (χ1v) is 5.46. The lowest BCUT2D eigenvalue weighted by Crippen LogP contribution is -2.13. The van der Waals surface area contributed by atoms with Gasteiger partial charge in [-0.2, -0.15) is 4.98 Å². The van der Waals surface area contributed by atoms with Crippen LogP contribution < -0.4 is 10.1 Å². The predicted molar refractivity (Wildman–Crippen MR) is 66.4 cm³/mol. The van der Waals surface area contributed by atoms with Crippen LogP contribution in [0.3, 0.4) is 0 Å². The van der Waals surface area contributed by atoms with Gasteiger partial charge in [-0.15, -0.1) is 6.42 Å². The minimum absolute atomic E-state index is 0.126. The van der Waals surface area contributed by atoms with E-state index in [9.17, 15) is 10.1 Å². The Labute approximate surface area is 105 Å². The van der Waals surface area contributed by atoms with Crippen molar-refractivity contribution in [3.63, 3.8) is 0 Å². The van der Waals surface area contributed by atoms with Crippen molar-refractivity contribution in [3.05, 3.63) is 16.3 Å². The summed E-state index contributed by atoms with van der Waals surface area (Å²) in [4.78, 5) is 18.0. The number of anilines is 1. The van der Waals surface area contributed by atoms with E-state index in [-0.39, 0.29) is 17.5 Å². The van der Waals surface area contributed by atoms with E-state index in [2.05, 4.69) is 21.2 Å². The van der Waals surface area contributed by atoms with Gasteiger partial charge in [0.1, 0.15) is 6.20 Å². The number of terminal acetylenes is 1. The van der Waals surface area contributed by atoms with E-state index >= 15 is 0 Å². The third kappa shape index (κ3) is 3.59. The molecular formula is C11H14N4O3. The van der Waals surface area contributed by atoms with E-state index < -0.39 is 11.0 Å². The summed E-state index contributed by atoms with van der Waals surface area (Å²) in [5.41, 5.74) is -0.306. The Bertz CT molecular complexity index is 470. The topological polar surface area (TPSA) is 90.2 Å². The molecule has 0 bridgehead atoms. The third-order valence-corrected chi connectivity index (χ3v) is 1.99. The number of hydrogen-bond acceptors (Lipinski definition) is 6. The Balaban J connectivity index is 3.00. The van der Waals surface area contributed by atoms with Crippen LogP contribution in [-0.2, 0) is 0 Å². The molecule has 0 aliphatic carbocycles. The van der Waals surface area contributed by atoms with Gasteiger partial charge in [0.05, 0.1) is 4.92 Å². The first-order valence-electron chi connectivity index (χ1n) is 5.46. The standard InChI is InChI=1S/C11H14N4O3/c1-4-6-12-11-13-7-9(15(16)17)10(14-11)18-8(3)5-2/h2,7-8H,4,6H2,1,3H3,(H,12,13,14). The van der Waals surface area contributed by atoms with Gasteiger partial charge in [0.15, 0.2) is 6.10 Å². The second-order valence-electron chi connectivity index (χ2n) is 3.49. The zero-order chi connectivity index (χ0) is 13.5. The average Bonchev–Trinajstić information content (AvgIpc) is 2.36. The van der Waals surface area contributed by atoms with E-state index in [1.165, 1.54) is 0 Å². The zero-order valence-corrected chi connectivity index (χ0v) is 10.2. The van der Waals surface area contributed by atoms with Gasteiger partial charge in [-0.1, -0.05) is 12.8 Å². The lowest BCUT2D eigenvalue weighted by atomic mass is 10.4. The fourth-order valence-corrected chi connectivity index (χ4v) is 1.10. The lowest BCUT2D eigenvalue weighted by Gasteiger charge is -2.09. The SMILES string of the molecule is C#CC(C)Oc1nc(NCCC)ncc1[N+](=O)[O-]. The molecule has 0 aromatic carbocycles. The highest BCUT2D eigenvalue weighted by molar-refractivity contribution is 5.43. The monoisotopic (exact) mass is 250 g/mol. The number of ether oxygens (including phenoxy) is 1. The molecule has 1 rings (SSSR count). The molecule has 1 N–H and O–H groups in total. The maximum absolute atomic E-state index is 10.8. The van der Waals surface area contributed by atoms with E-state index in [0.717, 1.165) is 12.6 Å². The number of nitrogens with zero attached hydrogens (tertiary/aromatic N) is 3. The molecule has 0 saturated heterocycles. The van der Waals surface area contributed by atoms with Crippen LogP contribution in [0.25, 0.3) is 0 Å². The molecule has 0 aliphatic rings. The number of nitro groups is 1. The molecule has 96 valence electrons. The summed E-state index contributed by atoms with van der Waals surface area (Å²) >= 11 is 0. The molecule has 1 aromatic rings. The van der Waals surface area contributed by atoms with Gasteiger partial charge in [-0.05, 0) is 13.3 Å². The summed E-state index contributed by atoms with van der Waals surface area (Å²) in [7, 11) is 0. The molecule has 0 radical (unpaired) electrons. The quantitative estimate of drug-likeness (QED) is 0.468. The molecule has 0 aliphatic heterocycles. The van der Waals surface area contributed by atoms with Crippen molar-refractivity contribution in [2.75, 3.05) is 11.9 Å². The van der Waals surface area contributed by atoms with E-state index in [0.29, 0.717) is 6.54 Å². The molecule has 1 aromatic heterocycles. The summed E-state index contributed by atoms with van der Waals surface area (Å²) in [5.74, 6) is 2.47. The van der Waals surface area contributed by atoms with Crippen molar-refractivity contribution >= 4 is 11.6 Å². The molecule has 1 unspecified atom stereocenters. The van der Waals surface area contributed by atoms with Crippen LogP contribution in [0.1, 0.15) is 20.3 Å². The van der Waals surface area contributed by atoms with Crippen LogP contribution in [-0.4, -0.2) is 27.5 Å². The number of hydrogen-bond donors (Lipinski definition) is 1. The second kappa shape index (κ2) is 6.39. The Morgan fingerprint density at radius 2 is 2.44 bits per heavy atom. The summed E-state index contributed by atoms with van der Waals surface area (Å²) in [6.45, 7) is 4.25. The molecule has 7 heteroatoms. The minimum atomic E-state index is -0.609. The average molecular weight is 250 g/mol. The molecular weight excluding hydrogens is 236 g/mol. The Hall–Kier alpha value is -2.36. The van der Waals surface area contributed by atoms with Gasteiger partial charge in [0, 0.05) is 6.54 Å². The van der Waals surface area contributed by atoms with E-state index in [4.69, 9.17) is 11.2 Å². The van der Waals surface area contributed by atoms with Gasteiger partial charge in [-0.25, -0.2) is 4.98 Å². The zero-order valence-electron chi connectivity index (χ0n) is 10.2. The van der Waals surface area contributed by atoms with Crippen molar-refractivity contribution < 1.29 is 9.66 Å². The summed E-state index contributed by atoms with van der Waals surface area (Å²) in [6.07, 6.45) is 6.55. The van der Waals surface area contributed by atoms with Crippen molar-refractivity contribution in [2.24, 2.45) is 0 Å². The molecule has 0 spiro atoms. The van der Waals surface area contributed by atoms with Crippen LogP contribution in [0.5, 0.6) is 5.88 Å². The normalized spacial score (nSPS) is 11.4. The van der Waals surface area contributed by atoms with Crippen molar-refractivity contribution in [1.82, 2.24) is 9.97 Å². The Kier molecular flexibility index (Phi) is 4.87. The largest absolute Gasteiger partial charge is 0.456 e. The van der Waals surface area contributed by atoms with Crippen LogP contribution in [0, 0.1) is 22.5 Å². The maximum Gasteiger partial charge on any atom is 0.349 e. The van der Waals surface area contributed by atoms with E-state index in [1.54, 1.807) is 6.92 Å². The maximum atomic E-state index is 10.8. The summed E-state index contributed by atoms with van der Waals surface area (Å²) in [6, 6.07) is 0. The second-order valence-corrected chi connectivity index (χ2v) is 3.49. The molecule has 1 heterocycles. The number of aromatic nitrogens is 2. The fourth-order valence-electron chi connectivity index (χ4n) is 1.10. The van der Waals surface area contributed by atoms with E-state index in [1.807, 2.05) is 6.92 Å². The van der Waals surface area contributed by atoms with Crippen LogP contribution >= 0.6 is 0 Å². The van der Waals surface area contributed by atoms with Crippen LogP contribution in [0.2, 0.25) is 0 Å². The smallest absolute Gasteiger partial charge is 0.349 e. The Morgan fingerprint density at radius 3 is 3.00 bits per heavy atom. The van der Waals surface area contributed by atoms with Gasteiger partial charge >= 0.3 is 5.69 Å². The molecule has 18 heavy (non-hydrogen) atoms. The van der Waals surface area contributed by atoms with Crippen LogP contribution in [0.4, 0.5) is 11.6 Å². The first-order chi connectivity index (χ1) is 8.58. The number of rotatable bonds is 6. The highest BCUT2D eigenvalue weighted by Crippen LogP contribution is 2.25. The minimum Gasteiger partial charge on any atom is -0.456 e. The lowest BCUT2D eigenvalue weighted by molar-refractivity contribution is -0.386. The fraction of sp³-hybridized carbons (Fsp3) is 0.455. The van der Waals surface area contributed by atoms with Crippen molar-refractivity contribution in [3.8, 4) is 18.2 Å². The molecule has 7 nitrogen and oxygen atoms in total. The Morgan fingerprint density at radius 1 is 1.72 bits per heavy atom. The van der Waals surface area contributed by atoms with Gasteiger partial charge in [0.2, 0.25) is 5.95 Å². The summed E-state index contributed by atoms with van der Waals surface area (Å²) < 4.78 is 5.21. The summed E-state index contributed by atoms with van der Waals surface area (Å²) in [5, 5.41) is 13.7. The van der Waals surface area contributed by atoms with Gasteiger partial charge in [0.25, 0.3) is 5.88 Å². The first kappa shape index (κ1) is 13.7.